The summed E-state index contributed by atoms with van der Waals surface area (Å²) in [5.74, 6) is 2.42. The molecule has 19 heavy (non-hydrogen) atoms. The number of thioether (sulfide) groups is 1. The molecule has 2 unspecified atom stereocenters. The minimum absolute atomic E-state index is 0.314. The van der Waals surface area contributed by atoms with Crippen LogP contribution < -0.4 is 0 Å². The molecule has 0 saturated carbocycles. The number of aliphatic hydroxyl groups excluding tert-OH is 1. The van der Waals surface area contributed by atoms with Crippen molar-refractivity contribution in [1.29, 1.82) is 0 Å². The van der Waals surface area contributed by atoms with Crippen LogP contribution in [0.5, 0.6) is 0 Å². The Hall–Kier alpha value is -0.510. The lowest BCUT2D eigenvalue weighted by Crippen LogP contribution is -2.32. The van der Waals surface area contributed by atoms with E-state index in [4.69, 9.17) is 0 Å². The van der Waals surface area contributed by atoms with E-state index in [2.05, 4.69) is 11.8 Å². The molecule has 1 heterocycles. The molecule has 0 amide bonds. The molecule has 1 saturated heterocycles. The molecule has 0 aromatic heterocycles. The zero-order valence-electron chi connectivity index (χ0n) is 11.8. The second-order valence-electron chi connectivity index (χ2n) is 5.19. The molecule has 1 aliphatic rings. The molecule has 1 aromatic rings. The van der Waals surface area contributed by atoms with E-state index in [-0.39, 0.29) is 6.10 Å². The maximum Gasteiger partial charge on any atom is 0.0805 e. The molecule has 106 valence electrons. The number of nitrogens with zero attached hydrogens (tertiary/aromatic N) is 1. The fourth-order valence-electron chi connectivity index (χ4n) is 2.85. The second kappa shape index (κ2) is 7.93. The molecule has 0 radical (unpaired) electrons. The summed E-state index contributed by atoms with van der Waals surface area (Å²) in [7, 11) is 0. The first-order valence-corrected chi connectivity index (χ1v) is 8.51. The van der Waals surface area contributed by atoms with Crippen LogP contribution in [0, 0.1) is 0 Å². The molecular weight excluding hydrogens is 254 g/mol. The standard InChI is InChI=1S/C16H25NOS/c1-2-19-12-11-17-10-6-9-15(17)13-16(18)14-7-4-3-5-8-14/h3-5,7-8,15-16,18H,2,6,9-13H2,1H3. The summed E-state index contributed by atoms with van der Waals surface area (Å²) in [4.78, 5) is 2.56. The normalized spacial score (nSPS) is 21.7. The van der Waals surface area contributed by atoms with E-state index in [9.17, 15) is 5.11 Å². The first-order chi connectivity index (χ1) is 9.31. The van der Waals surface area contributed by atoms with Crippen molar-refractivity contribution in [2.45, 2.75) is 38.3 Å². The summed E-state index contributed by atoms with van der Waals surface area (Å²) in [6.07, 6.45) is 3.08. The van der Waals surface area contributed by atoms with E-state index in [1.165, 1.54) is 37.4 Å². The van der Waals surface area contributed by atoms with Crippen molar-refractivity contribution in [2.24, 2.45) is 0 Å². The molecule has 1 N–H and O–H groups in total. The Labute approximate surface area is 121 Å². The molecule has 1 aliphatic heterocycles. The van der Waals surface area contributed by atoms with E-state index in [1.807, 2.05) is 42.1 Å². The van der Waals surface area contributed by atoms with Gasteiger partial charge in [0.1, 0.15) is 0 Å². The van der Waals surface area contributed by atoms with Crippen molar-refractivity contribution < 1.29 is 5.11 Å². The van der Waals surface area contributed by atoms with Gasteiger partial charge in [0.15, 0.2) is 0 Å². The van der Waals surface area contributed by atoms with Gasteiger partial charge in [-0.3, -0.25) is 4.90 Å². The number of hydrogen-bond donors (Lipinski definition) is 1. The van der Waals surface area contributed by atoms with E-state index >= 15 is 0 Å². The highest BCUT2D eigenvalue weighted by atomic mass is 32.2. The molecule has 3 heteroatoms. The fraction of sp³-hybridized carbons (Fsp3) is 0.625. The Morgan fingerprint density at radius 2 is 2.16 bits per heavy atom. The van der Waals surface area contributed by atoms with Crippen LogP contribution in [0.2, 0.25) is 0 Å². The summed E-state index contributed by atoms with van der Waals surface area (Å²) in [6.45, 7) is 4.59. The van der Waals surface area contributed by atoms with Gasteiger partial charge < -0.3 is 5.11 Å². The predicted molar refractivity (Wildman–Crippen MR) is 83.6 cm³/mol. The average Bonchev–Trinajstić information content (AvgIpc) is 2.87. The molecule has 2 atom stereocenters. The molecular formula is C16H25NOS. The highest BCUT2D eigenvalue weighted by Crippen LogP contribution is 2.27. The van der Waals surface area contributed by atoms with Crippen molar-refractivity contribution in [3.63, 3.8) is 0 Å². The number of rotatable bonds is 7. The Bertz CT molecular complexity index is 357. The van der Waals surface area contributed by atoms with E-state index in [0.29, 0.717) is 6.04 Å². The van der Waals surface area contributed by atoms with Gasteiger partial charge in [-0.15, -0.1) is 0 Å². The van der Waals surface area contributed by atoms with E-state index in [0.717, 1.165) is 12.0 Å². The van der Waals surface area contributed by atoms with Crippen LogP contribution in [0.25, 0.3) is 0 Å². The van der Waals surface area contributed by atoms with Gasteiger partial charge in [0.05, 0.1) is 6.10 Å². The first kappa shape index (κ1) is 14.9. The summed E-state index contributed by atoms with van der Waals surface area (Å²) in [5.41, 5.74) is 1.05. The lowest BCUT2D eigenvalue weighted by atomic mass is 10.0. The summed E-state index contributed by atoms with van der Waals surface area (Å²) < 4.78 is 0. The lowest BCUT2D eigenvalue weighted by Gasteiger charge is -2.26. The van der Waals surface area contributed by atoms with Gasteiger partial charge in [-0.05, 0) is 37.1 Å². The molecule has 1 aromatic carbocycles. The van der Waals surface area contributed by atoms with Crippen molar-refractivity contribution in [2.75, 3.05) is 24.6 Å². The van der Waals surface area contributed by atoms with Crippen LogP contribution in [0.1, 0.15) is 37.9 Å². The minimum atomic E-state index is -0.314. The Kier molecular flexibility index (Phi) is 6.21. The Morgan fingerprint density at radius 3 is 2.89 bits per heavy atom. The van der Waals surface area contributed by atoms with Crippen LogP contribution in [0.4, 0.5) is 0 Å². The van der Waals surface area contributed by atoms with Gasteiger partial charge in [0.2, 0.25) is 0 Å². The predicted octanol–water partition coefficient (Wildman–Crippen LogP) is 3.33. The smallest absolute Gasteiger partial charge is 0.0805 e. The van der Waals surface area contributed by atoms with Gasteiger partial charge in [-0.1, -0.05) is 37.3 Å². The maximum atomic E-state index is 10.3. The molecule has 2 nitrogen and oxygen atoms in total. The second-order valence-corrected chi connectivity index (χ2v) is 6.58. The highest BCUT2D eigenvalue weighted by molar-refractivity contribution is 7.99. The Morgan fingerprint density at radius 1 is 1.37 bits per heavy atom. The highest BCUT2D eigenvalue weighted by Gasteiger charge is 2.26. The van der Waals surface area contributed by atoms with E-state index in [1.54, 1.807) is 0 Å². The first-order valence-electron chi connectivity index (χ1n) is 7.36. The minimum Gasteiger partial charge on any atom is -0.388 e. The van der Waals surface area contributed by atoms with Crippen LogP contribution in [0.15, 0.2) is 30.3 Å². The summed E-state index contributed by atoms with van der Waals surface area (Å²) >= 11 is 2.01. The van der Waals surface area contributed by atoms with Crippen molar-refractivity contribution in [3.05, 3.63) is 35.9 Å². The van der Waals surface area contributed by atoms with Gasteiger partial charge >= 0.3 is 0 Å². The van der Waals surface area contributed by atoms with Crippen molar-refractivity contribution in [1.82, 2.24) is 4.90 Å². The van der Waals surface area contributed by atoms with E-state index < -0.39 is 0 Å². The average molecular weight is 279 g/mol. The van der Waals surface area contributed by atoms with Gasteiger partial charge in [-0.25, -0.2) is 0 Å². The monoisotopic (exact) mass is 279 g/mol. The number of likely N-dealkylation sites (tertiary alicyclic amines) is 1. The molecule has 0 aliphatic carbocycles. The third-order valence-corrected chi connectivity index (χ3v) is 4.79. The van der Waals surface area contributed by atoms with Crippen LogP contribution in [-0.2, 0) is 0 Å². The Balaban J connectivity index is 1.83. The SMILES string of the molecule is CCSCCN1CCCC1CC(O)c1ccccc1. The zero-order chi connectivity index (χ0) is 13.5. The van der Waals surface area contributed by atoms with Crippen LogP contribution in [0.3, 0.4) is 0 Å². The fourth-order valence-corrected chi connectivity index (χ4v) is 3.50. The van der Waals surface area contributed by atoms with Gasteiger partial charge in [0.25, 0.3) is 0 Å². The quantitative estimate of drug-likeness (QED) is 0.775. The summed E-state index contributed by atoms with van der Waals surface area (Å²) in [6, 6.07) is 10.6. The van der Waals surface area contributed by atoms with Gasteiger partial charge in [-0.2, -0.15) is 11.8 Å². The molecule has 0 bridgehead atoms. The molecule has 0 spiro atoms. The third kappa shape index (κ3) is 4.51. The van der Waals surface area contributed by atoms with Crippen molar-refractivity contribution >= 4 is 11.8 Å². The van der Waals surface area contributed by atoms with Crippen LogP contribution in [-0.4, -0.2) is 40.6 Å². The molecule has 1 fully saturated rings. The number of hydrogen-bond acceptors (Lipinski definition) is 3. The van der Waals surface area contributed by atoms with Gasteiger partial charge in [0, 0.05) is 18.3 Å². The lowest BCUT2D eigenvalue weighted by molar-refractivity contribution is 0.123. The maximum absolute atomic E-state index is 10.3. The largest absolute Gasteiger partial charge is 0.388 e. The molecule has 2 rings (SSSR count). The number of aliphatic hydroxyl groups is 1. The number of benzene rings is 1. The topological polar surface area (TPSA) is 23.5 Å². The van der Waals surface area contributed by atoms with Crippen LogP contribution >= 0.6 is 11.8 Å². The van der Waals surface area contributed by atoms with Crippen molar-refractivity contribution in [3.8, 4) is 0 Å². The third-order valence-electron chi connectivity index (χ3n) is 3.91. The summed E-state index contributed by atoms with van der Waals surface area (Å²) in [5, 5.41) is 10.3. The zero-order valence-corrected chi connectivity index (χ0v) is 12.6.